The third kappa shape index (κ3) is 3.20. The fourth-order valence-electron chi connectivity index (χ4n) is 4.61. The molecule has 5 rings (SSSR count). The minimum Gasteiger partial charge on any atom is -0.497 e. The van der Waals surface area contributed by atoms with Crippen molar-refractivity contribution in [1.29, 1.82) is 0 Å². The van der Waals surface area contributed by atoms with Crippen LogP contribution in [0.15, 0.2) is 60.7 Å². The molecule has 2 aliphatic rings. The van der Waals surface area contributed by atoms with Crippen LogP contribution >= 0.6 is 0 Å². The molecule has 1 amide bonds. The maximum atomic E-state index is 13.1. The summed E-state index contributed by atoms with van der Waals surface area (Å²) in [5, 5.41) is 2.24. The number of methoxy groups -OCH3 is 1. The molecule has 1 unspecified atom stereocenters. The number of hydrogen-bond donors (Lipinski definition) is 0. The highest BCUT2D eigenvalue weighted by molar-refractivity contribution is 6.01. The van der Waals surface area contributed by atoms with Gasteiger partial charge in [-0.2, -0.15) is 0 Å². The number of carbonyl (C=O) groups is 2. The number of amides is 1. The van der Waals surface area contributed by atoms with Crippen LogP contribution < -0.4 is 9.47 Å². The molecule has 2 heterocycles. The maximum Gasteiger partial charge on any atom is 0.227 e. The number of benzene rings is 3. The average molecular weight is 401 g/mol. The zero-order valence-electron chi connectivity index (χ0n) is 16.9. The van der Waals surface area contributed by atoms with Gasteiger partial charge in [0.2, 0.25) is 5.91 Å². The quantitative estimate of drug-likeness (QED) is 0.665. The number of hydrogen-bond acceptors (Lipinski definition) is 4. The summed E-state index contributed by atoms with van der Waals surface area (Å²) in [5.74, 6) is 1.33. The Balaban J connectivity index is 1.34. The SMILES string of the molecule is COc1ccc2c(c1)C(=O)CC1(CCN(C(=O)Cc3cccc4ccccc34)C1)O2. The smallest absolute Gasteiger partial charge is 0.227 e. The number of rotatable bonds is 3. The van der Waals surface area contributed by atoms with Crippen molar-refractivity contribution in [2.24, 2.45) is 0 Å². The molecule has 0 aliphatic carbocycles. The van der Waals surface area contributed by atoms with Crippen LogP contribution in [0.1, 0.15) is 28.8 Å². The minimum atomic E-state index is -0.632. The highest BCUT2D eigenvalue weighted by atomic mass is 16.5. The molecule has 0 bridgehead atoms. The topological polar surface area (TPSA) is 55.8 Å². The normalized spacial score (nSPS) is 20.3. The molecule has 1 atom stereocenters. The fourth-order valence-corrected chi connectivity index (χ4v) is 4.61. The van der Waals surface area contributed by atoms with Crippen LogP contribution in [0.2, 0.25) is 0 Å². The zero-order chi connectivity index (χ0) is 20.7. The monoisotopic (exact) mass is 401 g/mol. The number of nitrogens with zero attached hydrogens (tertiary/aromatic N) is 1. The molecule has 0 radical (unpaired) electrons. The predicted molar refractivity (Wildman–Crippen MR) is 114 cm³/mol. The Labute approximate surface area is 175 Å². The standard InChI is InChI=1S/C25H23NO4/c1-29-19-9-10-23-21(14-19)22(27)15-25(30-23)11-12-26(16-25)24(28)13-18-7-4-6-17-5-2-3-8-20(17)18/h2-10,14H,11-13,15-16H2,1H3. The lowest BCUT2D eigenvalue weighted by Crippen LogP contribution is -2.45. The van der Waals surface area contributed by atoms with E-state index in [1.807, 2.05) is 29.2 Å². The van der Waals surface area contributed by atoms with E-state index in [1.165, 1.54) is 0 Å². The molecule has 3 aromatic rings. The van der Waals surface area contributed by atoms with E-state index in [9.17, 15) is 9.59 Å². The van der Waals surface area contributed by atoms with Gasteiger partial charge in [-0.1, -0.05) is 42.5 Å². The largest absolute Gasteiger partial charge is 0.497 e. The summed E-state index contributed by atoms with van der Waals surface area (Å²) in [6.07, 6.45) is 1.29. The molecule has 1 fully saturated rings. The summed E-state index contributed by atoms with van der Waals surface area (Å²) >= 11 is 0. The second-order valence-corrected chi connectivity index (χ2v) is 8.13. The number of Topliss-reactive ketones (excluding diaryl/α,β-unsaturated/α-hetero) is 1. The van der Waals surface area contributed by atoms with Crippen LogP contribution in [0.25, 0.3) is 10.8 Å². The van der Waals surface area contributed by atoms with E-state index in [0.29, 0.717) is 43.0 Å². The Morgan fingerprint density at radius 3 is 2.83 bits per heavy atom. The van der Waals surface area contributed by atoms with Crippen LogP contribution in [0.5, 0.6) is 11.5 Å². The highest BCUT2D eigenvalue weighted by Gasteiger charge is 2.47. The van der Waals surface area contributed by atoms with Gasteiger partial charge in [0, 0.05) is 13.0 Å². The summed E-state index contributed by atoms with van der Waals surface area (Å²) in [4.78, 5) is 27.7. The number of ketones is 1. The van der Waals surface area contributed by atoms with E-state index in [0.717, 1.165) is 16.3 Å². The van der Waals surface area contributed by atoms with Crippen LogP contribution in [0.4, 0.5) is 0 Å². The van der Waals surface area contributed by atoms with Gasteiger partial charge in [-0.3, -0.25) is 9.59 Å². The van der Waals surface area contributed by atoms with Crippen molar-refractivity contribution in [2.45, 2.75) is 24.9 Å². The van der Waals surface area contributed by atoms with Crippen molar-refractivity contribution in [3.8, 4) is 11.5 Å². The van der Waals surface area contributed by atoms with E-state index >= 15 is 0 Å². The van der Waals surface area contributed by atoms with Crippen molar-refractivity contribution in [3.63, 3.8) is 0 Å². The van der Waals surface area contributed by atoms with Crippen molar-refractivity contribution in [3.05, 3.63) is 71.8 Å². The van der Waals surface area contributed by atoms with Crippen molar-refractivity contribution < 1.29 is 19.1 Å². The van der Waals surface area contributed by atoms with Gasteiger partial charge in [0.25, 0.3) is 0 Å². The first-order valence-electron chi connectivity index (χ1n) is 10.2. The molecule has 30 heavy (non-hydrogen) atoms. The lowest BCUT2D eigenvalue weighted by molar-refractivity contribution is -0.130. The summed E-state index contributed by atoms with van der Waals surface area (Å²) in [7, 11) is 1.58. The number of carbonyl (C=O) groups excluding carboxylic acids is 2. The minimum absolute atomic E-state index is 0.0403. The lowest BCUT2D eigenvalue weighted by Gasteiger charge is -2.34. The predicted octanol–water partition coefficient (Wildman–Crippen LogP) is 4.03. The molecule has 3 aromatic carbocycles. The summed E-state index contributed by atoms with van der Waals surface area (Å²) < 4.78 is 11.5. The Hall–Kier alpha value is -3.34. The van der Waals surface area contributed by atoms with Crippen LogP contribution in [0.3, 0.4) is 0 Å². The third-order valence-corrected chi connectivity index (χ3v) is 6.19. The molecule has 152 valence electrons. The van der Waals surface area contributed by atoms with E-state index in [1.54, 1.807) is 25.3 Å². The highest BCUT2D eigenvalue weighted by Crippen LogP contribution is 2.40. The molecule has 1 saturated heterocycles. The molecular weight excluding hydrogens is 378 g/mol. The van der Waals surface area contributed by atoms with Gasteiger partial charge in [-0.15, -0.1) is 0 Å². The molecule has 2 aliphatic heterocycles. The third-order valence-electron chi connectivity index (χ3n) is 6.19. The first-order chi connectivity index (χ1) is 14.6. The van der Waals surface area contributed by atoms with Gasteiger partial charge >= 0.3 is 0 Å². The number of ether oxygens (including phenoxy) is 2. The summed E-state index contributed by atoms with van der Waals surface area (Å²) in [5.41, 5.74) is 0.949. The van der Waals surface area contributed by atoms with Crippen LogP contribution in [0, 0.1) is 0 Å². The maximum absolute atomic E-state index is 13.1. The lowest BCUT2D eigenvalue weighted by atomic mass is 9.89. The molecular formula is C25H23NO4. The Morgan fingerprint density at radius 2 is 1.97 bits per heavy atom. The average Bonchev–Trinajstić information content (AvgIpc) is 3.17. The van der Waals surface area contributed by atoms with Crippen molar-refractivity contribution in [1.82, 2.24) is 4.90 Å². The Bertz CT molecular complexity index is 1150. The van der Waals surface area contributed by atoms with Gasteiger partial charge in [0.15, 0.2) is 5.78 Å². The molecule has 5 heteroatoms. The van der Waals surface area contributed by atoms with E-state index in [4.69, 9.17) is 9.47 Å². The first kappa shape index (κ1) is 18.7. The second-order valence-electron chi connectivity index (χ2n) is 8.13. The van der Waals surface area contributed by atoms with Crippen molar-refractivity contribution in [2.75, 3.05) is 20.2 Å². The van der Waals surface area contributed by atoms with Crippen LogP contribution in [-0.2, 0) is 11.2 Å². The Kier molecular flexibility index (Phi) is 4.46. The van der Waals surface area contributed by atoms with Gasteiger partial charge in [0.1, 0.15) is 17.1 Å². The van der Waals surface area contributed by atoms with E-state index in [-0.39, 0.29) is 18.1 Å². The molecule has 0 saturated carbocycles. The van der Waals surface area contributed by atoms with Crippen molar-refractivity contribution >= 4 is 22.5 Å². The summed E-state index contributed by atoms with van der Waals surface area (Å²) in [6, 6.07) is 19.5. The van der Waals surface area contributed by atoms with E-state index in [2.05, 4.69) is 18.2 Å². The van der Waals surface area contributed by atoms with Gasteiger partial charge in [-0.25, -0.2) is 0 Å². The molecule has 0 N–H and O–H groups in total. The Morgan fingerprint density at radius 1 is 1.13 bits per heavy atom. The summed E-state index contributed by atoms with van der Waals surface area (Å²) in [6.45, 7) is 1.04. The van der Waals surface area contributed by atoms with Gasteiger partial charge in [0.05, 0.1) is 32.1 Å². The van der Waals surface area contributed by atoms with Crippen LogP contribution in [-0.4, -0.2) is 42.4 Å². The van der Waals surface area contributed by atoms with Gasteiger partial charge in [-0.05, 0) is 34.5 Å². The van der Waals surface area contributed by atoms with Gasteiger partial charge < -0.3 is 14.4 Å². The molecule has 5 nitrogen and oxygen atoms in total. The molecule has 1 spiro atoms. The second kappa shape index (κ2) is 7.17. The number of likely N-dealkylation sites (tertiary alicyclic amines) is 1. The zero-order valence-corrected chi connectivity index (χ0v) is 16.9. The first-order valence-corrected chi connectivity index (χ1v) is 10.2. The fraction of sp³-hybridized carbons (Fsp3) is 0.280. The number of fused-ring (bicyclic) bond motifs is 2. The molecule has 0 aromatic heterocycles. The van der Waals surface area contributed by atoms with E-state index < -0.39 is 5.60 Å².